The number of benzene rings is 1. The Morgan fingerprint density at radius 2 is 2.05 bits per heavy atom. The van der Waals surface area contributed by atoms with Crippen molar-refractivity contribution >= 4 is 38.8 Å². The van der Waals surface area contributed by atoms with Crippen LogP contribution in [0.5, 0.6) is 0 Å². The molecule has 0 saturated heterocycles. The Bertz CT molecular complexity index is 639. The van der Waals surface area contributed by atoms with E-state index in [0.29, 0.717) is 18.0 Å². The highest BCUT2D eigenvalue weighted by Crippen LogP contribution is 2.24. The normalized spacial score (nSPS) is 11.6. The lowest BCUT2D eigenvalue weighted by Gasteiger charge is -2.07. The van der Waals surface area contributed by atoms with Crippen molar-refractivity contribution in [3.8, 4) is 0 Å². The van der Waals surface area contributed by atoms with Crippen LogP contribution in [0.2, 0.25) is 0 Å². The van der Waals surface area contributed by atoms with Gasteiger partial charge in [-0.3, -0.25) is 0 Å². The van der Waals surface area contributed by atoms with Gasteiger partial charge in [0.15, 0.2) is 0 Å². The van der Waals surface area contributed by atoms with E-state index in [1.54, 1.807) is 11.3 Å². The summed E-state index contributed by atoms with van der Waals surface area (Å²) < 4.78 is 26.3. The molecule has 0 aliphatic carbocycles. The Balaban J connectivity index is 1.79. The number of nitrogens with one attached hydrogen (secondary N) is 1. The van der Waals surface area contributed by atoms with Crippen LogP contribution in [-0.2, 0) is 16.6 Å². The highest BCUT2D eigenvalue weighted by Gasteiger charge is 2.10. The highest BCUT2D eigenvalue weighted by molar-refractivity contribution is 8.00. The summed E-state index contributed by atoms with van der Waals surface area (Å²) in [6.45, 7) is 0.351. The third-order valence-corrected chi connectivity index (χ3v) is 6.01. The molecule has 1 aromatic carbocycles. The molecular formula is C13H16N2O2S3. The van der Waals surface area contributed by atoms with Crippen molar-refractivity contribution in [2.24, 2.45) is 0 Å². The number of nitrogen functional groups attached to an aromatic ring is 1. The number of para-hydroxylation sites is 1. The van der Waals surface area contributed by atoms with Crippen molar-refractivity contribution < 1.29 is 8.42 Å². The summed E-state index contributed by atoms with van der Waals surface area (Å²) in [5.74, 6) is 0.559. The van der Waals surface area contributed by atoms with Gasteiger partial charge < -0.3 is 5.73 Å². The molecule has 0 unspecified atom stereocenters. The molecule has 108 valence electrons. The molecule has 1 aromatic heterocycles. The van der Waals surface area contributed by atoms with Crippen LogP contribution in [0.15, 0.2) is 46.0 Å². The monoisotopic (exact) mass is 328 g/mol. The summed E-state index contributed by atoms with van der Waals surface area (Å²) in [5.41, 5.74) is 7.47. The minimum atomic E-state index is -3.25. The van der Waals surface area contributed by atoms with Crippen LogP contribution in [0, 0.1) is 0 Å². The van der Waals surface area contributed by atoms with E-state index in [1.807, 2.05) is 41.1 Å². The summed E-state index contributed by atoms with van der Waals surface area (Å²) in [5, 5.41) is 3.86. The van der Waals surface area contributed by atoms with Crippen molar-refractivity contribution in [1.29, 1.82) is 0 Å². The largest absolute Gasteiger partial charge is 0.398 e. The molecule has 1 heterocycles. The van der Waals surface area contributed by atoms with Crippen molar-refractivity contribution in [3.05, 3.63) is 46.7 Å². The molecule has 0 saturated carbocycles. The van der Waals surface area contributed by atoms with Crippen LogP contribution >= 0.6 is 23.1 Å². The van der Waals surface area contributed by atoms with Gasteiger partial charge in [0.05, 0.1) is 5.75 Å². The number of thiophene rings is 1. The Morgan fingerprint density at radius 3 is 2.75 bits per heavy atom. The van der Waals surface area contributed by atoms with Gasteiger partial charge in [0.25, 0.3) is 0 Å². The number of nitrogens with two attached hydrogens (primary N) is 1. The molecule has 0 bridgehead atoms. The molecule has 0 aliphatic heterocycles. The molecule has 2 rings (SSSR count). The Labute approximate surface area is 127 Å². The third kappa shape index (κ3) is 4.82. The van der Waals surface area contributed by atoms with E-state index in [0.717, 1.165) is 10.5 Å². The minimum absolute atomic E-state index is 0.0795. The molecule has 2 aromatic rings. The SMILES string of the molecule is Nc1ccccc1SCCS(=O)(=O)NCc1ccsc1. The van der Waals surface area contributed by atoms with Gasteiger partial charge in [-0.2, -0.15) is 11.3 Å². The smallest absolute Gasteiger partial charge is 0.212 e. The van der Waals surface area contributed by atoms with E-state index in [2.05, 4.69) is 4.72 Å². The molecule has 7 heteroatoms. The van der Waals surface area contributed by atoms with Crippen molar-refractivity contribution in [3.63, 3.8) is 0 Å². The van der Waals surface area contributed by atoms with Crippen LogP contribution in [0.25, 0.3) is 0 Å². The zero-order valence-electron chi connectivity index (χ0n) is 10.8. The van der Waals surface area contributed by atoms with E-state index < -0.39 is 10.0 Å². The highest BCUT2D eigenvalue weighted by atomic mass is 32.2. The average molecular weight is 328 g/mol. The standard InChI is InChI=1S/C13H16N2O2S3/c14-12-3-1-2-4-13(12)19-7-8-20(16,17)15-9-11-5-6-18-10-11/h1-6,10,15H,7-9,14H2. The van der Waals surface area contributed by atoms with E-state index in [-0.39, 0.29) is 5.75 Å². The quantitative estimate of drug-likeness (QED) is 0.605. The maximum atomic E-state index is 11.8. The van der Waals surface area contributed by atoms with E-state index in [1.165, 1.54) is 11.8 Å². The number of rotatable bonds is 7. The predicted molar refractivity (Wildman–Crippen MR) is 86.5 cm³/mol. The van der Waals surface area contributed by atoms with E-state index in [4.69, 9.17) is 5.73 Å². The van der Waals surface area contributed by atoms with Gasteiger partial charge in [-0.25, -0.2) is 13.1 Å². The number of hydrogen-bond donors (Lipinski definition) is 2. The summed E-state index contributed by atoms with van der Waals surface area (Å²) in [6, 6.07) is 9.37. The number of anilines is 1. The van der Waals surface area contributed by atoms with Crippen molar-refractivity contribution in [2.45, 2.75) is 11.4 Å². The second-order valence-corrected chi connectivity index (χ2v) is 8.00. The van der Waals surface area contributed by atoms with Crippen molar-refractivity contribution in [1.82, 2.24) is 4.72 Å². The zero-order chi connectivity index (χ0) is 14.4. The van der Waals surface area contributed by atoms with Gasteiger partial charge in [0, 0.05) is 22.9 Å². The first-order valence-electron chi connectivity index (χ1n) is 6.02. The summed E-state index contributed by atoms with van der Waals surface area (Å²) in [4.78, 5) is 0.917. The van der Waals surface area contributed by atoms with E-state index in [9.17, 15) is 8.42 Å². The number of hydrogen-bond acceptors (Lipinski definition) is 5. The van der Waals surface area contributed by atoms with Crippen molar-refractivity contribution in [2.75, 3.05) is 17.2 Å². The lowest BCUT2D eigenvalue weighted by molar-refractivity contribution is 0.583. The molecule has 20 heavy (non-hydrogen) atoms. The lowest BCUT2D eigenvalue weighted by Crippen LogP contribution is -2.26. The maximum absolute atomic E-state index is 11.8. The number of sulfonamides is 1. The van der Waals surface area contributed by atoms with Gasteiger partial charge in [0.1, 0.15) is 0 Å². The van der Waals surface area contributed by atoms with Gasteiger partial charge in [0.2, 0.25) is 10.0 Å². The molecular weight excluding hydrogens is 312 g/mol. The molecule has 0 radical (unpaired) electrons. The summed E-state index contributed by atoms with van der Waals surface area (Å²) in [6.07, 6.45) is 0. The maximum Gasteiger partial charge on any atom is 0.212 e. The summed E-state index contributed by atoms with van der Waals surface area (Å²) >= 11 is 3.01. The molecule has 0 spiro atoms. The number of thioether (sulfide) groups is 1. The fourth-order valence-corrected chi connectivity index (χ4v) is 4.57. The minimum Gasteiger partial charge on any atom is -0.398 e. The van der Waals surface area contributed by atoms with E-state index >= 15 is 0 Å². The summed E-state index contributed by atoms with van der Waals surface area (Å²) in [7, 11) is -3.25. The Morgan fingerprint density at radius 1 is 1.25 bits per heavy atom. The van der Waals surface area contributed by atoms with Crippen LogP contribution in [0.3, 0.4) is 0 Å². The zero-order valence-corrected chi connectivity index (χ0v) is 13.2. The molecule has 0 amide bonds. The van der Waals surface area contributed by atoms with Crippen LogP contribution in [0.4, 0.5) is 5.69 Å². The predicted octanol–water partition coefficient (Wildman–Crippen LogP) is 2.54. The first kappa shape index (κ1) is 15.4. The molecule has 0 fully saturated rings. The van der Waals surface area contributed by atoms with Crippen LogP contribution in [0.1, 0.15) is 5.56 Å². The molecule has 3 N–H and O–H groups in total. The topological polar surface area (TPSA) is 72.2 Å². The molecule has 0 aliphatic rings. The van der Waals surface area contributed by atoms with Crippen LogP contribution in [-0.4, -0.2) is 19.9 Å². The first-order valence-corrected chi connectivity index (χ1v) is 9.60. The second kappa shape index (κ2) is 7.12. The first-order chi connectivity index (χ1) is 9.57. The third-order valence-electron chi connectivity index (χ3n) is 2.60. The van der Waals surface area contributed by atoms with Crippen LogP contribution < -0.4 is 10.5 Å². The average Bonchev–Trinajstić information content (AvgIpc) is 2.92. The van der Waals surface area contributed by atoms with Gasteiger partial charge in [-0.15, -0.1) is 11.8 Å². The molecule has 4 nitrogen and oxygen atoms in total. The fourth-order valence-electron chi connectivity index (χ4n) is 1.53. The Hall–Kier alpha value is -1.02. The molecule has 0 atom stereocenters. The Kier molecular flexibility index (Phi) is 5.47. The van der Waals surface area contributed by atoms with Gasteiger partial charge in [-0.1, -0.05) is 12.1 Å². The second-order valence-electron chi connectivity index (χ2n) is 4.16. The van der Waals surface area contributed by atoms with Gasteiger partial charge >= 0.3 is 0 Å². The fraction of sp³-hybridized carbons (Fsp3) is 0.231. The van der Waals surface area contributed by atoms with Gasteiger partial charge in [-0.05, 0) is 34.5 Å². The lowest BCUT2D eigenvalue weighted by atomic mass is 10.3.